The fraction of sp³-hybridized carbons (Fsp3) is 0.391. The number of likely N-dealkylation sites (tertiary alicyclic amines) is 1. The topological polar surface area (TPSA) is 58.6 Å². The maximum Gasteiger partial charge on any atom is 0.338 e. The molecule has 5 heteroatoms. The summed E-state index contributed by atoms with van der Waals surface area (Å²) in [6, 6.07) is 17.6. The maximum atomic E-state index is 12.5. The molecule has 0 aliphatic carbocycles. The van der Waals surface area contributed by atoms with Gasteiger partial charge in [0.25, 0.3) is 0 Å². The van der Waals surface area contributed by atoms with Crippen molar-refractivity contribution in [3.05, 3.63) is 65.7 Å². The number of hydrogen-bond donors (Lipinski definition) is 1. The number of esters is 1. The molecule has 0 unspecified atom stereocenters. The van der Waals surface area contributed by atoms with E-state index in [1.54, 1.807) is 31.2 Å². The van der Waals surface area contributed by atoms with Crippen molar-refractivity contribution in [2.75, 3.05) is 31.6 Å². The zero-order chi connectivity index (χ0) is 19.8. The highest BCUT2D eigenvalue weighted by molar-refractivity contribution is 5.90. The van der Waals surface area contributed by atoms with Crippen LogP contribution in [0.3, 0.4) is 0 Å². The Morgan fingerprint density at radius 3 is 2.36 bits per heavy atom. The number of nitrogens with one attached hydrogen (secondary N) is 1. The van der Waals surface area contributed by atoms with E-state index in [0.717, 1.165) is 38.0 Å². The van der Waals surface area contributed by atoms with Gasteiger partial charge in [-0.25, -0.2) is 4.79 Å². The fourth-order valence-corrected chi connectivity index (χ4v) is 3.56. The van der Waals surface area contributed by atoms with Crippen LogP contribution < -0.4 is 5.32 Å². The van der Waals surface area contributed by atoms with Gasteiger partial charge in [0.15, 0.2) is 0 Å². The SMILES string of the molecule is CCOC(=O)c1ccc(NCC(=O)N2CCC(Cc3ccccc3)CC2)cc1. The molecule has 0 bridgehead atoms. The van der Waals surface area contributed by atoms with Crippen molar-refractivity contribution in [3.63, 3.8) is 0 Å². The van der Waals surface area contributed by atoms with Crippen LogP contribution in [0.4, 0.5) is 5.69 Å². The summed E-state index contributed by atoms with van der Waals surface area (Å²) in [6.07, 6.45) is 3.19. The minimum absolute atomic E-state index is 0.118. The Morgan fingerprint density at radius 2 is 1.71 bits per heavy atom. The van der Waals surface area contributed by atoms with Gasteiger partial charge in [0.2, 0.25) is 5.91 Å². The normalized spacial score (nSPS) is 14.5. The molecule has 148 valence electrons. The third-order valence-electron chi connectivity index (χ3n) is 5.17. The predicted molar refractivity (Wildman–Crippen MR) is 110 cm³/mol. The van der Waals surface area contributed by atoms with Crippen LogP contribution in [0.15, 0.2) is 54.6 Å². The van der Waals surface area contributed by atoms with Crippen molar-refractivity contribution in [1.29, 1.82) is 0 Å². The summed E-state index contributed by atoms with van der Waals surface area (Å²) in [5, 5.41) is 3.15. The van der Waals surface area contributed by atoms with Gasteiger partial charge in [0.1, 0.15) is 0 Å². The molecule has 1 N–H and O–H groups in total. The van der Waals surface area contributed by atoms with Crippen molar-refractivity contribution in [2.24, 2.45) is 5.92 Å². The lowest BCUT2D eigenvalue weighted by atomic mass is 9.90. The zero-order valence-corrected chi connectivity index (χ0v) is 16.4. The molecule has 1 saturated heterocycles. The lowest BCUT2D eigenvalue weighted by molar-refractivity contribution is -0.130. The second-order valence-corrected chi connectivity index (χ2v) is 7.17. The predicted octanol–water partition coefficient (Wildman–Crippen LogP) is 3.76. The van der Waals surface area contributed by atoms with Gasteiger partial charge in [-0.1, -0.05) is 30.3 Å². The summed E-state index contributed by atoms with van der Waals surface area (Å²) in [5.74, 6) is 0.436. The largest absolute Gasteiger partial charge is 0.462 e. The number of hydrogen-bond acceptors (Lipinski definition) is 4. The Balaban J connectivity index is 1.41. The minimum Gasteiger partial charge on any atom is -0.462 e. The standard InChI is InChI=1S/C23H28N2O3/c1-2-28-23(27)20-8-10-21(11-9-20)24-17-22(26)25-14-12-19(13-15-25)16-18-6-4-3-5-7-18/h3-11,19,24H,2,12-17H2,1H3. The smallest absolute Gasteiger partial charge is 0.338 e. The van der Waals surface area contributed by atoms with Crippen LogP contribution >= 0.6 is 0 Å². The van der Waals surface area contributed by atoms with Crippen LogP contribution in [0, 0.1) is 5.92 Å². The number of piperidine rings is 1. The van der Waals surface area contributed by atoms with Crippen LogP contribution in [0.5, 0.6) is 0 Å². The Hall–Kier alpha value is -2.82. The minimum atomic E-state index is -0.330. The molecular weight excluding hydrogens is 352 g/mol. The number of rotatable bonds is 7. The number of carbonyl (C=O) groups excluding carboxylic acids is 2. The zero-order valence-electron chi connectivity index (χ0n) is 16.4. The first-order chi connectivity index (χ1) is 13.7. The molecule has 1 fully saturated rings. The van der Waals surface area contributed by atoms with E-state index < -0.39 is 0 Å². The highest BCUT2D eigenvalue weighted by Crippen LogP contribution is 2.21. The van der Waals surface area contributed by atoms with Gasteiger partial charge < -0.3 is 15.0 Å². The summed E-state index contributed by atoms with van der Waals surface area (Å²) >= 11 is 0. The molecule has 0 atom stereocenters. The average molecular weight is 380 g/mol. The second kappa shape index (κ2) is 9.93. The van der Waals surface area contributed by atoms with Crippen LogP contribution in [0.2, 0.25) is 0 Å². The number of ether oxygens (including phenoxy) is 1. The Morgan fingerprint density at radius 1 is 1.04 bits per heavy atom. The molecule has 1 aliphatic rings. The first kappa shape index (κ1) is 19.9. The van der Waals surface area contributed by atoms with Gasteiger partial charge in [-0.3, -0.25) is 4.79 Å². The average Bonchev–Trinajstić information content (AvgIpc) is 2.74. The van der Waals surface area contributed by atoms with Gasteiger partial charge in [-0.2, -0.15) is 0 Å². The van der Waals surface area contributed by atoms with Crippen molar-refractivity contribution in [3.8, 4) is 0 Å². The Bertz CT molecular complexity index is 766. The van der Waals surface area contributed by atoms with Gasteiger partial charge in [-0.15, -0.1) is 0 Å². The molecule has 1 aliphatic heterocycles. The van der Waals surface area contributed by atoms with Crippen LogP contribution in [0.25, 0.3) is 0 Å². The molecule has 2 aromatic carbocycles. The fourth-order valence-electron chi connectivity index (χ4n) is 3.56. The number of amides is 1. The molecular formula is C23H28N2O3. The van der Waals surface area contributed by atoms with E-state index in [9.17, 15) is 9.59 Å². The summed E-state index contributed by atoms with van der Waals surface area (Å²) in [6.45, 7) is 4.04. The van der Waals surface area contributed by atoms with E-state index in [4.69, 9.17) is 4.74 Å². The van der Waals surface area contributed by atoms with Gasteiger partial charge >= 0.3 is 5.97 Å². The van der Waals surface area contributed by atoms with E-state index in [1.807, 2.05) is 11.0 Å². The molecule has 3 rings (SSSR count). The van der Waals surface area contributed by atoms with Crippen molar-refractivity contribution in [2.45, 2.75) is 26.2 Å². The Labute approximate surface area is 166 Å². The molecule has 2 aromatic rings. The summed E-state index contributed by atoms with van der Waals surface area (Å²) in [5.41, 5.74) is 2.71. The molecule has 0 spiro atoms. The van der Waals surface area contributed by atoms with Crippen molar-refractivity contribution < 1.29 is 14.3 Å². The van der Waals surface area contributed by atoms with E-state index in [-0.39, 0.29) is 18.4 Å². The third-order valence-corrected chi connectivity index (χ3v) is 5.17. The summed E-state index contributed by atoms with van der Waals surface area (Å²) in [7, 11) is 0. The van der Waals surface area contributed by atoms with Crippen molar-refractivity contribution in [1.82, 2.24) is 4.90 Å². The lowest BCUT2D eigenvalue weighted by Gasteiger charge is -2.32. The van der Waals surface area contributed by atoms with E-state index in [0.29, 0.717) is 18.1 Å². The number of benzene rings is 2. The highest BCUT2D eigenvalue weighted by Gasteiger charge is 2.22. The molecule has 1 amide bonds. The summed E-state index contributed by atoms with van der Waals surface area (Å²) < 4.78 is 4.97. The van der Waals surface area contributed by atoms with Crippen molar-refractivity contribution >= 4 is 17.6 Å². The number of nitrogens with zero attached hydrogens (tertiary/aromatic N) is 1. The number of anilines is 1. The molecule has 1 heterocycles. The van der Waals surface area contributed by atoms with E-state index in [2.05, 4.69) is 29.6 Å². The van der Waals surface area contributed by atoms with Gasteiger partial charge in [0, 0.05) is 18.8 Å². The monoisotopic (exact) mass is 380 g/mol. The van der Waals surface area contributed by atoms with E-state index >= 15 is 0 Å². The molecule has 5 nitrogen and oxygen atoms in total. The van der Waals surface area contributed by atoms with E-state index in [1.165, 1.54) is 5.56 Å². The first-order valence-corrected chi connectivity index (χ1v) is 9.98. The molecule has 0 saturated carbocycles. The maximum absolute atomic E-state index is 12.5. The molecule has 0 aromatic heterocycles. The first-order valence-electron chi connectivity index (χ1n) is 9.98. The van der Waals surface area contributed by atoms with Gasteiger partial charge in [-0.05, 0) is 61.9 Å². The quantitative estimate of drug-likeness (QED) is 0.743. The highest BCUT2D eigenvalue weighted by atomic mass is 16.5. The third kappa shape index (κ3) is 5.59. The molecule has 28 heavy (non-hydrogen) atoms. The van der Waals surface area contributed by atoms with Crippen LogP contribution in [-0.2, 0) is 16.0 Å². The van der Waals surface area contributed by atoms with Crippen LogP contribution in [0.1, 0.15) is 35.7 Å². The molecule has 0 radical (unpaired) electrons. The second-order valence-electron chi connectivity index (χ2n) is 7.17. The lowest BCUT2D eigenvalue weighted by Crippen LogP contribution is -2.41. The Kier molecular flexibility index (Phi) is 7.06. The number of carbonyl (C=O) groups is 2. The van der Waals surface area contributed by atoms with Gasteiger partial charge in [0.05, 0.1) is 18.7 Å². The van der Waals surface area contributed by atoms with Crippen LogP contribution in [-0.4, -0.2) is 43.0 Å². The summed E-state index contributed by atoms with van der Waals surface area (Å²) in [4.78, 5) is 26.1.